The topological polar surface area (TPSA) is 81.4 Å². The molecule has 0 aliphatic heterocycles. The normalized spacial score (nSPS) is 10.5. The van der Waals surface area contributed by atoms with E-state index in [0.29, 0.717) is 27.1 Å². The highest BCUT2D eigenvalue weighted by Crippen LogP contribution is 2.27. The predicted octanol–water partition coefficient (Wildman–Crippen LogP) is 4.06. The van der Waals surface area contributed by atoms with Crippen LogP contribution < -0.4 is 5.32 Å². The lowest BCUT2D eigenvalue weighted by molar-refractivity contribution is -0.113. The number of nitrogens with zero attached hydrogens (tertiary/aromatic N) is 1. The van der Waals surface area contributed by atoms with Crippen molar-refractivity contribution >= 4 is 40.7 Å². The lowest BCUT2D eigenvalue weighted by Crippen LogP contribution is -2.15. The van der Waals surface area contributed by atoms with Crippen molar-refractivity contribution in [2.75, 3.05) is 18.2 Å². The Morgan fingerprint density at radius 3 is 2.81 bits per heavy atom. The quantitative estimate of drug-likeness (QED) is 0.503. The van der Waals surface area contributed by atoms with Crippen LogP contribution in [0.1, 0.15) is 9.67 Å². The molecule has 0 aliphatic carbocycles. The molecule has 9 heteroatoms. The molecule has 134 valence electrons. The first-order chi connectivity index (χ1) is 12.6. The van der Waals surface area contributed by atoms with Gasteiger partial charge in [0.15, 0.2) is 5.76 Å². The van der Waals surface area contributed by atoms with Gasteiger partial charge in [0, 0.05) is 5.56 Å². The summed E-state index contributed by atoms with van der Waals surface area (Å²) in [6.07, 6.45) is 1.52. The Hall–Kier alpha value is -2.65. The van der Waals surface area contributed by atoms with Crippen molar-refractivity contribution in [1.82, 2.24) is 4.98 Å². The summed E-state index contributed by atoms with van der Waals surface area (Å²) in [5, 5.41) is 4.67. The van der Waals surface area contributed by atoms with Gasteiger partial charge in [-0.05, 0) is 35.7 Å². The second-order valence-electron chi connectivity index (χ2n) is 4.99. The van der Waals surface area contributed by atoms with E-state index in [2.05, 4.69) is 15.0 Å². The molecule has 6 nitrogen and oxygen atoms in total. The minimum atomic E-state index is -0.500. The summed E-state index contributed by atoms with van der Waals surface area (Å²) in [5.41, 5.74) is 1.10. The molecular formula is C17H13FN2O4S2. The van der Waals surface area contributed by atoms with Gasteiger partial charge < -0.3 is 14.5 Å². The standard InChI is InChI=1S/C17H13FN2O4S2/c1-23-16(22)15-12(6-7-25-15)20-14(21)9-26-17-19-8-13(24-17)10-2-4-11(18)5-3-10/h2-8H,9H2,1H3,(H,20,21). The van der Waals surface area contributed by atoms with Crippen LogP contribution in [0.2, 0.25) is 0 Å². The lowest BCUT2D eigenvalue weighted by Gasteiger charge is -2.04. The van der Waals surface area contributed by atoms with Gasteiger partial charge in [0.1, 0.15) is 10.7 Å². The second kappa shape index (κ2) is 8.15. The second-order valence-corrected chi connectivity index (χ2v) is 6.83. The van der Waals surface area contributed by atoms with Crippen LogP contribution in [0.15, 0.2) is 51.5 Å². The number of anilines is 1. The highest BCUT2D eigenvalue weighted by Gasteiger charge is 2.16. The largest absolute Gasteiger partial charge is 0.465 e. The molecule has 1 aromatic carbocycles. The number of amides is 1. The molecule has 1 N–H and O–H groups in total. The number of rotatable bonds is 6. The van der Waals surface area contributed by atoms with Crippen molar-refractivity contribution < 1.29 is 23.1 Å². The van der Waals surface area contributed by atoms with E-state index in [9.17, 15) is 14.0 Å². The Labute approximate surface area is 156 Å². The van der Waals surface area contributed by atoms with E-state index in [1.807, 2.05) is 0 Å². The molecule has 0 fully saturated rings. The summed E-state index contributed by atoms with van der Waals surface area (Å²) in [5.74, 6) is -0.600. The summed E-state index contributed by atoms with van der Waals surface area (Å²) in [6, 6.07) is 7.47. The van der Waals surface area contributed by atoms with Crippen LogP contribution in [0.5, 0.6) is 0 Å². The van der Waals surface area contributed by atoms with Gasteiger partial charge in [-0.3, -0.25) is 4.79 Å². The van der Waals surface area contributed by atoms with Crippen LogP contribution in [0.3, 0.4) is 0 Å². The number of aromatic nitrogens is 1. The number of benzene rings is 1. The summed E-state index contributed by atoms with van der Waals surface area (Å²) in [6.45, 7) is 0. The summed E-state index contributed by atoms with van der Waals surface area (Å²) in [7, 11) is 1.28. The van der Waals surface area contributed by atoms with Crippen LogP contribution in [0.25, 0.3) is 11.3 Å². The van der Waals surface area contributed by atoms with E-state index in [4.69, 9.17) is 4.42 Å². The van der Waals surface area contributed by atoms with Crippen molar-refractivity contribution in [2.24, 2.45) is 0 Å². The third-order valence-corrected chi connectivity index (χ3v) is 4.99. The maximum atomic E-state index is 13.0. The van der Waals surface area contributed by atoms with Crippen molar-refractivity contribution in [2.45, 2.75) is 5.22 Å². The zero-order valence-corrected chi connectivity index (χ0v) is 15.2. The van der Waals surface area contributed by atoms with Crippen LogP contribution in [0.4, 0.5) is 10.1 Å². The first kappa shape index (κ1) is 18.2. The SMILES string of the molecule is COC(=O)c1sccc1NC(=O)CSc1ncc(-c2ccc(F)cc2)o1. The fourth-order valence-corrected chi connectivity index (χ4v) is 3.41. The molecule has 3 rings (SSSR count). The van der Waals surface area contributed by atoms with E-state index in [0.717, 1.165) is 11.8 Å². The van der Waals surface area contributed by atoms with Crippen LogP contribution in [-0.2, 0) is 9.53 Å². The molecule has 0 saturated heterocycles. The van der Waals surface area contributed by atoms with Crippen molar-refractivity contribution in [3.8, 4) is 11.3 Å². The first-order valence-corrected chi connectivity index (χ1v) is 9.23. The van der Waals surface area contributed by atoms with E-state index >= 15 is 0 Å². The number of halogens is 1. The number of hydrogen-bond donors (Lipinski definition) is 1. The molecule has 0 atom stereocenters. The average Bonchev–Trinajstić information content (AvgIpc) is 3.29. The van der Waals surface area contributed by atoms with Crippen LogP contribution in [0, 0.1) is 5.82 Å². The Balaban J connectivity index is 1.58. The van der Waals surface area contributed by atoms with Gasteiger partial charge in [-0.2, -0.15) is 0 Å². The van der Waals surface area contributed by atoms with Crippen molar-refractivity contribution in [3.63, 3.8) is 0 Å². The van der Waals surface area contributed by atoms with Crippen molar-refractivity contribution in [3.05, 3.63) is 52.6 Å². The van der Waals surface area contributed by atoms with Gasteiger partial charge in [0.2, 0.25) is 5.91 Å². The van der Waals surface area contributed by atoms with Crippen LogP contribution >= 0.6 is 23.1 Å². The van der Waals surface area contributed by atoms with E-state index in [-0.39, 0.29) is 17.5 Å². The zero-order chi connectivity index (χ0) is 18.5. The molecule has 0 radical (unpaired) electrons. The Morgan fingerprint density at radius 1 is 1.31 bits per heavy atom. The third-order valence-electron chi connectivity index (χ3n) is 3.25. The van der Waals surface area contributed by atoms with Crippen molar-refractivity contribution in [1.29, 1.82) is 0 Å². The number of carbonyl (C=O) groups is 2. The Morgan fingerprint density at radius 2 is 2.08 bits per heavy atom. The van der Waals surface area contributed by atoms with Gasteiger partial charge in [0.05, 0.1) is 24.7 Å². The molecule has 0 unspecified atom stereocenters. The maximum Gasteiger partial charge on any atom is 0.350 e. The predicted molar refractivity (Wildman–Crippen MR) is 96.9 cm³/mol. The van der Waals surface area contributed by atoms with Gasteiger partial charge in [0.25, 0.3) is 5.22 Å². The summed E-state index contributed by atoms with van der Waals surface area (Å²) >= 11 is 2.30. The molecule has 0 bridgehead atoms. The molecule has 2 aromatic heterocycles. The van der Waals surface area contributed by atoms with Gasteiger partial charge in [-0.15, -0.1) is 11.3 Å². The number of hydrogen-bond acceptors (Lipinski definition) is 7. The number of ether oxygens (including phenoxy) is 1. The van der Waals surface area contributed by atoms with Gasteiger partial charge in [-0.25, -0.2) is 14.2 Å². The number of thioether (sulfide) groups is 1. The number of methoxy groups -OCH3 is 1. The fourth-order valence-electron chi connectivity index (χ4n) is 2.04. The third kappa shape index (κ3) is 4.30. The first-order valence-electron chi connectivity index (χ1n) is 7.37. The lowest BCUT2D eigenvalue weighted by atomic mass is 10.2. The number of nitrogens with one attached hydrogen (secondary N) is 1. The number of thiophene rings is 1. The monoisotopic (exact) mass is 392 g/mol. The van der Waals surface area contributed by atoms with Crippen LogP contribution in [-0.4, -0.2) is 29.7 Å². The Bertz CT molecular complexity index is 921. The molecule has 0 saturated carbocycles. The number of oxazole rings is 1. The molecule has 1 amide bonds. The number of esters is 1. The van der Waals surface area contributed by atoms with E-state index in [1.165, 1.54) is 36.8 Å². The number of carbonyl (C=O) groups excluding carboxylic acids is 2. The molecule has 0 aliphatic rings. The zero-order valence-electron chi connectivity index (χ0n) is 13.5. The smallest absolute Gasteiger partial charge is 0.350 e. The molecule has 3 aromatic rings. The maximum absolute atomic E-state index is 13.0. The molecule has 26 heavy (non-hydrogen) atoms. The highest BCUT2D eigenvalue weighted by molar-refractivity contribution is 7.99. The highest BCUT2D eigenvalue weighted by atomic mass is 32.2. The summed E-state index contributed by atoms with van der Waals surface area (Å²) in [4.78, 5) is 28.1. The summed E-state index contributed by atoms with van der Waals surface area (Å²) < 4.78 is 23.2. The fraction of sp³-hybridized carbons (Fsp3) is 0.118. The van der Waals surface area contributed by atoms with E-state index < -0.39 is 5.97 Å². The molecule has 2 heterocycles. The average molecular weight is 392 g/mol. The van der Waals surface area contributed by atoms with Gasteiger partial charge >= 0.3 is 5.97 Å². The van der Waals surface area contributed by atoms with Gasteiger partial charge in [-0.1, -0.05) is 11.8 Å². The molecular weight excluding hydrogens is 379 g/mol. The van der Waals surface area contributed by atoms with E-state index in [1.54, 1.807) is 23.6 Å². The minimum Gasteiger partial charge on any atom is -0.465 e. The molecule has 0 spiro atoms. The minimum absolute atomic E-state index is 0.0554. The Kier molecular flexibility index (Phi) is 5.69.